The first-order valence-electron chi connectivity index (χ1n) is 29.9. The van der Waals surface area contributed by atoms with Gasteiger partial charge < -0.3 is 10.2 Å². The lowest BCUT2D eigenvalue weighted by Gasteiger charge is -2.44. The van der Waals surface area contributed by atoms with E-state index in [9.17, 15) is 19.8 Å². The first-order chi connectivity index (χ1) is 32.2. The van der Waals surface area contributed by atoms with Crippen molar-refractivity contribution in [3.63, 3.8) is 0 Å². The summed E-state index contributed by atoms with van der Waals surface area (Å²) in [6.07, 6.45) is 56.0. The molecule has 0 radical (unpaired) electrons. The Kier molecular flexibility index (Phi) is 39.6. The van der Waals surface area contributed by atoms with E-state index in [1.807, 2.05) is 0 Å². The molecule has 0 aromatic heterocycles. The highest BCUT2D eigenvalue weighted by atomic mass is 16.4. The summed E-state index contributed by atoms with van der Waals surface area (Å²) in [5.41, 5.74) is 1.94. The fourth-order valence-electron chi connectivity index (χ4n) is 11.7. The highest BCUT2D eigenvalue weighted by Crippen LogP contribution is 2.51. The van der Waals surface area contributed by atoms with E-state index in [0.29, 0.717) is 0 Å². The Balaban J connectivity index is 4.19. The summed E-state index contributed by atoms with van der Waals surface area (Å²) in [4.78, 5) is 27.5. The molecule has 4 heteroatoms. The third-order valence-corrected chi connectivity index (χ3v) is 15.8. The molecule has 0 fully saturated rings. The fraction of sp³-hybridized carbons (Fsp3) is 0.871. The second-order valence-corrected chi connectivity index (χ2v) is 21.6. The molecule has 1 aromatic rings. The van der Waals surface area contributed by atoms with Crippen LogP contribution in [-0.4, -0.2) is 22.2 Å². The van der Waals surface area contributed by atoms with Gasteiger partial charge in [-0.3, -0.25) is 0 Å². The number of carboxylic acids is 2. The predicted octanol–water partition coefficient (Wildman–Crippen LogP) is 21.6. The summed E-state index contributed by atoms with van der Waals surface area (Å²) in [5.74, 6) is -2.10. The molecule has 66 heavy (non-hydrogen) atoms. The number of rotatable bonds is 50. The third kappa shape index (κ3) is 26.8. The van der Waals surface area contributed by atoms with E-state index in [4.69, 9.17) is 0 Å². The Bertz CT molecular complexity index is 1290. The summed E-state index contributed by atoms with van der Waals surface area (Å²) in [6, 6.07) is 3.98. The summed E-state index contributed by atoms with van der Waals surface area (Å²) >= 11 is 0. The van der Waals surface area contributed by atoms with E-state index < -0.39 is 11.9 Å². The van der Waals surface area contributed by atoms with Gasteiger partial charge in [-0.2, -0.15) is 0 Å². The van der Waals surface area contributed by atoms with Crippen LogP contribution < -0.4 is 0 Å². The molecular formula is C62H114O4. The Morgan fingerprint density at radius 1 is 0.318 bits per heavy atom. The number of carbonyl (C=O) groups is 2. The van der Waals surface area contributed by atoms with Crippen molar-refractivity contribution in [2.24, 2.45) is 0 Å². The van der Waals surface area contributed by atoms with Crippen molar-refractivity contribution in [3.8, 4) is 0 Å². The molecule has 0 saturated heterocycles. The second kappa shape index (κ2) is 42.1. The van der Waals surface area contributed by atoms with Gasteiger partial charge in [0.25, 0.3) is 0 Å². The van der Waals surface area contributed by atoms with Crippen molar-refractivity contribution in [2.45, 2.75) is 348 Å². The van der Waals surface area contributed by atoms with Crippen LogP contribution in [0.5, 0.6) is 0 Å². The van der Waals surface area contributed by atoms with Gasteiger partial charge in [0.1, 0.15) is 0 Å². The fourth-order valence-corrected chi connectivity index (χ4v) is 11.7. The number of carboxylic acid groups (broad SMARTS) is 2. The first kappa shape index (κ1) is 62.2. The van der Waals surface area contributed by atoms with Crippen LogP contribution in [0.15, 0.2) is 12.1 Å². The quantitative estimate of drug-likeness (QED) is 0.0639. The molecule has 0 aliphatic rings. The molecule has 0 spiro atoms. The van der Waals surface area contributed by atoms with Gasteiger partial charge in [0, 0.05) is 0 Å². The van der Waals surface area contributed by atoms with Crippen LogP contribution in [0.1, 0.15) is 369 Å². The minimum absolute atomic E-state index is 0.0203. The average Bonchev–Trinajstić information content (AvgIpc) is 3.31. The van der Waals surface area contributed by atoms with Gasteiger partial charge in [0.05, 0.1) is 11.1 Å². The van der Waals surface area contributed by atoms with Gasteiger partial charge in [-0.15, -0.1) is 0 Å². The highest BCUT2D eigenvalue weighted by Gasteiger charge is 2.44. The molecule has 386 valence electrons. The van der Waals surface area contributed by atoms with Crippen LogP contribution in [0.4, 0.5) is 0 Å². The number of hydrogen-bond donors (Lipinski definition) is 2. The molecule has 0 aliphatic carbocycles. The zero-order valence-corrected chi connectivity index (χ0v) is 45.4. The smallest absolute Gasteiger partial charge is 0.336 e. The van der Waals surface area contributed by atoms with E-state index in [1.54, 1.807) is 6.07 Å². The highest BCUT2D eigenvalue weighted by molar-refractivity contribution is 6.03. The molecule has 2 unspecified atom stereocenters. The molecule has 2 N–H and O–H groups in total. The van der Waals surface area contributed by atoms with Crippen molar-refractivity contribution >= 4 is 11.9 Å². The van der Waals surface area contributed by atoms with E-state index in [2.05, 4.69) is 47.6 Å². The van der Waals surface area contributed by atoms with Crippen LogP contribution in [0.25, 0.3) is 0 Å². The van der Waals surface area contributed by atoms with Crippen molar-refractivity contribution in [1.29, 1.82) is 0 Å². The SMILES string of the molecule is CCCCCCCCCCC(CCCCCCC)(CCCCCCCCC)c1ccc(C(=O)O)c(C(=O)O)c1C(CCCCCCC)(CCCCCCCCC)CCCCCCCCCC. The Labute approximate surface area is 412 Å². The molecule has 0 heterocycles. The molecule has 0 amide bonds. The molecule has 0 bridgehead atoms. The van der Waals surface area contributed by atoms with Gasteiger partial charge in [0.15, 0.2) is 0 Å². The summed E-state index contributed by atoms with van der Waals surface area (Å²) in [5, 5.41) is 22.5. The van der Waals surface area contributed by atoms with Crippen molar-refractivity contribution < 1.29 is 19.8 Å². The molecule has 1 rings (SSSR count). The van der Waals surface area contributed by atoms with Crippen molar-refractivity contribution in [1.82, 2.24) is 0 Å². The maximum absolute atomic E-state index is 14.1. The standard InChI is InChI=1S/C62H114O4/c1-7-13-19-25-29-33-38-43-51-61(49-41-35-23-17-11-5,50-42-37-31-27-21-15-9-3)56-48-47-55(59(63)64)57(60(65)66)58(56)62(52-44-36-24-18-12-6,53-45-39-32-28-22-16-10-4)54-46-40-34-30-26-20-14-8-2/h47-48H,7-46,49-54H2,1-6H3,(H,63,64)(H,65,66). The molecular weight excluding hydrogens is 809 g/mol. The van der Waals surface area contributed by atoms with Gasteiger partial charge in [0.2, 0.25) is 0 Å². The van der Waals surface area contributed by atoms with E-state index in [-0.39, 0.29) is 22.0 Å². The van der Waals surface area contributed by atoms with Gasteiger partial charge in [-0.25, -0.2) is 9.59 Å². The second-order valence-electron chi connectivity index (χ2n) is 21.6. The third-order valence-electron chi connectivity index (χ3n) is 15.8. The number of aromatic carboxylic acids is 2. The summed E-state index contributed by atoms with van der Waals surface area (Å²) in [6.45, 7) is 13.8. The number of unbranched alkanes of at least 4 members (excludes halogenated alkanes) is 34. The lowest BCUT2D eigenvalue weighted by molar-refractivity contribution is 0.0647. The van der Waals surface area contributed by atoms with Crippen LogP contribution in [0, 0.1) is 0 Å². The van der Waals surface area contributed by atoms with Gasteiger partial charge in [-0.05, 0) is 66.5 Å². The summed E-state index contributed by atoms with van der Waals surface area (Å²) < 4.78 is 0. The van der Waals surface area contributed by atoms with Gasteiger partial charge >= 0.3 is 11.9 Å². The lowest BCUT2D eigenvalue weighted by Crippen LogP contribution is -2.37. The largest absolute Gasteiger partial charge is 0.478 e. The summed E-state index contributed by atoms with van der Waals surface area (Å²) in [7, 11) is 0. The molecule has 2 atom stereocenters. The predicted molar refractivity (Wildman–Crippen MR) is 290 cm³/mol. The van der Waals surface area contributed by atoms with Crippen molar-refractivity contribution in [3.05, 3.63) is 34.4 Å². The minimum Gasteiger partial charge on any atom is -0.478 e. The van der Waals surface area contributed by atoms with E-state index in [1.165, 1.54) is 237 Å². The number of benzene rings is 1. The average molecular weight is 924 g/mol. The minimum atomic E-state index is -1.08. The molecule has 4 nitrogen and oxygen atoms in total. The first-order valence-corrected chi connectivity index (χ1v) is 29.9. The monoisotopic (exact) mass is 923 g/mol. The van der Waals surface area contributed by atoms with E-state index >= 15 is 0 Å². The zero-order valence-electron chi connectivity index (χ0n) is 45.4. The van der Waals surface area contributed by atoms with Crippen molar-refractivity contribution in [2.75, 3.05) is 0 Å². The van der Waals surface area contributed by atoms with Crippen LogP contribution in [0.3, 0.4) is 0 Å². The molecule has 1 aromatic carbocycles. The van der Waals surface area contributed by atoms with Gasteiger partial charge in [-0.1, -0.05) is 304 Å². The molecule has 0 aliphatic heterocycles. The lowest BCUT2D eigenvalue weighted by atomic mass is 9.59. The van der Waals surface area contributed by atoms with Crippen LogP contribution in [-0.2, 0) is 10.8 Å². The van der Waals surface area contributed by atoms with E-state index in [0.717, 1.165) is 69.8 Å². The Morgan fingerprint density at radius 3 is 0.773 bits per heavy atom. The maximum atomic E-state index is 14.1. The Morgan fingerprint density at radius 2 is 0.545 bits per heavy atom. The number of hydrogen-bond acceptors (Lipinski definition) is 2. The Hall–Kier alpha value is -1.84. The van der Waals surface area contributed by atoms with Crippen LogP contribution in [0.2, 0.25) is 0 Å². The maximum Gasteiger partial charge on any atom is 0.336 e. The topological polar surface area (TPSA) is 74.6 Å². The normalized spacial score (nSPS) is 13.5. The molecule has 0 saturated carbocycles. The van der Waals surface area contributed by atoms with Crippen LogP contribution >= 0.6 is 0 Å². The zero-order chi connectivity index (χ0) is 48.4.